The summed E-state index contributed by atoms with van der Waals surface area (Å²) in [6.45, 7) is 1.91. The highest BCUT2D eigenvalue weighted by Crippen LogP contribution is 2.22. The number of nitrogens with one attached hydrogen (secondary N) is 1. The largest absolute Gasteiger partial charge is 0.493 e. The van der Waals surface area contributed by atoms with Gasteiger partial charge < -0.3 is 19.5 Å². The molecule has 0 saturated heterocycles. The first-order valence-electron chi connectivity index (χ1n) is 11.0. The van der Waals surface area contributed by atoms with E-state index < -0.39 is 0 Å². The number of hydrogen-bond acceptors (Lipinski definition) is 5. The molecule has 4 aromatic rings. The molecular weight excluding hydrogens is 437 g/mol. The van der Waals surface area contributed by atoms with E-state index >= 15 is 0 Å². The molecule has 0 aliphatic rings. The molecule has 176 valence electrons. The zero-order chi connectivity index (χ0) is 23.8. The van der Waals surface area contributed by atoms with Crippen molar-refractivity contribution in [3.8, 4) is 17.2 Å². The van der Waals surface area contributed by atoms with E-state index in [9.17, 15) is 9.18 Å². The second-order valence-electron chi connectivity index (χ2n) is 7.57. The van der Waals surface area contributed by atoms with Gasteiger partial charge in [0.1, 0.15) is 23.6 Å². The summed E-state index contributed by atoms with van der Waals surface area (Å²) in [7, 11) is 1.59. The molecule has 8 heteroatoms. The topological polar surface area (TPSA) is 74.6 Å². The molecule has 0 saturated carbocycles. The van der Waals surface area contributed by atoms with E-state index in [0.29, 0.717) is 44.1 Å². The predicted octanol–water partition coefficient (Wildman–Crippen LogP) is 4.39. The lowest BCUT2D eigenvalue weighted by molar-refractivity contribution is 0.0937. The molecule has 0 unspecified atom stereocenters. The number of benzene rings is 3. The maximum atomic E-state index is 12.9. The number of carbonyl (C=O) groups excluding carboxylic acids is 1. The third-order valence-corrected chi connectivity index (χ3v) is 5.16. The maximum Gasteiger partial charge on any atom is 0.251 e. The van der Waals surface area contributed by atoms with Gasteiger partial charge in [-0.3, -0.25) is 9.36 Å². The van der Waals surface area contributed by atoms with Crippen LogP contribution in [0.4, 0.5) is 4.39 Å². The molecule has 1 aromatic heterocycles. The molecule has 0 spiro atoms. The van der Waals surface area contributed by atoms with Crippen LogP contribution >= 0.6 is 0 Å². The highest BCUT2D eigenvalue weighted by molar-refractivity contribution is 5.97. The van der Waals surface area contributed by atoms with Crippen LogP contribution in [0.3, 0.4) is 0 Å². The van der Waals surface area contributed by atoms with E-state index in [0.717, 1.165) is 22.5 Å². The predicted molar refractivity (Wildman–Crippen MR) is 127 cm³/mol. The number of rotatable bonds is 11. The molecule has 3 aromatic carbocycles. The highest BCUT2D eigenvalue weighted by Gasteiger charge is 2.10. The number of ether oxygens (including phenoxy) is 3. The Hall–Kier alpha value is -3.91. The lowest BCUT2D eigenvalue weighted by atomic mass is 10.2. The van der Waals surface area contributed by atoms with Crippen molar-refractivity contribution in [1.82, 2.24) is 14.9 Å². The fraction of sp³-hybridized carbons (Fsp3) is 0.231. The summed E-state index contributed by atoms with van der Waals surface area (Å²) < 4.78 is 31.2. The molecule has 34 heavy (non-hydrogen) atoms. The van der Waals surface area contributed by atoms with Crippen molar-refractivity contribution in [3.63, 3.8) is 0 Å². The Labute approximate surface area is 197 Å². The minimum Gasteiger partial charge on any atom is -0.493 e. The van der Waals surface area contributed by atoms with Crippen LogP contribution in [0.2, 0.25) is 0 Å². The minimum atomic E-state index is -0.284. The Bertz CT molecular complexity index is 1220. The third-order valence-electron chi connectivity index (χ3n) is 5.16. The summed E-state index contributed by atoms with van der Waals surface area (Å²) >= 11 is 0. The van der Waals surface area contributed by atoms with E-state index in [4.69, 9.17) is 14.2 Å². The van der Waals surface area contributed by atoms with Crippen molar-refractivity contribution < 1.29 is 23.4 Å². The molecule has 0 bridgehead atoms. The number of amides is 1. The molecule has 0 aliphatic heterocycles. The van der Waals surface area contributed by atoms with Gasteiger partial charge in [0, 0.05) is 31.3 Å². The SMILES string of the molecule is COCCNC(=O)c1ccc2c(c1)ncn2-c1ccc(OCCCOc2ccc(F)cc2)cc1. The van der Waals surface area contributed by atoms with E-state index in [2.05, 4.69) is 10.3 Å². The molecule has 0 atom stereocenters. The second-order valence-corrected chi connectivity index (χ2v) is 7.57. The number of methoxy groups -OCH3 is 1. The van der Waals surface area contributed by atoms with Crippen LogP contribution in [0.1, 0.15) is 16.8 Å². The summed E-state index contributed by atoms with van der Waals surface area (Å²) in [5.41, 5.74) is 3.13. The van der Waals surface area contributed by atoms with Gasteiger partial charge in [-0.25, -0.2) is 9.37 Å². The molecular formula is C26H26FN3O4. The van der Waals surface area contributed by atoms with Crippen LogP contribution in [0, 0.1) is 5.82 Å². The van der Waals surface area contributed by atoms with Crippen molar-refractivity contribution in [1.29, 1.82) is 0 Å². The Kier molecular flexibility index (Phi) is 7.72. The van der Waals surface area contributed by atoms with Gasteiger partial charge >= 0.3 is 0 Å². The maximum absolute atomic E-state index is 12.9. The van der Waals surface area contributed by atoms with Crippen molar-refractivity contribution in [3.05, 3.63) is 84.4 Å². The average Bonchev–Trinajstić information content (AvgIpc) is 3.29. The highest BCUT2D eigenvalue weighted by atomic mass is 19.1. The first-order valence-corrected chi connectivity index (χ1v) is 11.0. The molecule has 7 nitrogen and oxygen atoms in total. The molecule has 1 N–H and O–H groups in total. The number of imidazole rings is 1. The Morgan fingerprint density at radius 3 is 2.29 bits per heavy atom. The van der Waals surface area contributed by atoms with E-state index in [-0.39, 0.29) is 11.7 Å². The summed E-state index contributed by atoms with van der Waals surface area (Å²) in [6, 6.07) is 19.1. The summed E-state index contributed by atoms with van der Waals surface area (Å²) in [4.78, 5) is 16.7. The fourth-order valence-corrected chi connectivity index (χ4v) is 3.40. The van der Waals surface area contributed by atoms with Gasteiger partial charge in [-0.2, -0.15) is 0 Å². The Balaban J connectivity index is 1.30. The van der Waals surface area contributed by atoms with Gasteiger partial charge in [-0.15, -0.1) is 0 Å². The van der Waals surface area contributed by atoms with Crippen LogP contribution in [0.25, 0.3) is 16.7 Å². The van der Waals surface area contributed by atoms with Crippen LogP contribution in [0.15, 0.2) is 73.1 Å². The van der Waals surface area contributed by atoms with Crippen molar-refractivity contribution in [2.24, 2.45) is 0 Å². The van der Waals surface area contributed by atoms with Gasteiger partial charge in [-0.05, 0) is 66.7 Å². The Morgan fingerprint density at radius 1 is 0.941 bits per heavy atom. The molecule has 1 amide bonds. The second kappa shape index (κ2) is 11.3. The quantitative estimate of drug-likeness (QED) is 0.334. The zero-order valence-electron chi connectivity index (χ0n) is 18.9. The van der Waals surface area contributed by atoms with Gasteiger partial charge in [0.15, 0.2) is 0 Å². The summed E-state index contributed by atoms with van der Waals surface area (Å²) in [5, 5.41) is 2.81. The first-order chi connectivity index (χ1) is 16.6. The van der Waals surface area contributed by atoms with Gasteiger partial charge in [0.05, 0.1) is 30.9 Å². The van der Waals surface area contributed by atoms with Gasteiger partial charge in [0.2, 0.25) is 0 Å². The molecule has 0 aliphatic carbocycles. The number of nitrogens with zero attached hydrogens (tertiary/aromatic N) is 2. The fourth-order valence-electron chi connectivity index (χ4n) is 3.40. The third kappa shape index (κ3) is 5.90. The van der Waals surface area contributed by atoms with Gasteiger partial charge in [-0.1, -0.05) is 0 Å². The van der Waals surface area contributed by atoms with Crippen molar-refractivity contribution in [2.45, 2.75) is 6.42 Å². The number of carbonyl (C=O) groups is 1. The minimum absolute atomic E-state index is 0.155. The first kappa shape index (κ1) is 23.3. The molecule has 4 rings (SSSR count). The normalized spacial score (nSPS) is 10.9. The van der Waals surface area contributed by atoms with Crippen LogP contribution in [-0.4, -0.2) is 48.9 Å². The van der Waals surface area contributed by atoms with Crippen molar-refractivity contribution >= 4 is 16.9 Å². The number of halogens is 1. The monoisotopic (exact) mass is 463 g/mol. The van der Waals surface area contributed by atoms with E-state index in [1.165, 1.54) is 12.1 Å². The van der Waals surface area contributed by atoms with Gasteiger partial charge in [0.25, 0.3) is 5.91 Å². The Morgan fingerprint density at radius 2 is 1.62 bits per heavy atom. The van der Waals surface area contributed by atoms with Crippen LogP contribution in [0.5, 0.6) is 11.5 Å². The molecule has 1 heterocycles. The summed E-state index contributed by atoms with van der Waals surface area (Å²) in [5.74, 6) is 0.953. The zero-order valence-corrected chi connectivity index (χ0v) is 18.9. The molecule has 0 fully saturated rings. The van der Waals surface area contributed by atoms with Crippen LogP contribution in [-0.2, 0) is 4.74 Å². The van der Waals surface area contributed by atoms with E-state index in [1.807, 2.05) is 34.9 Å². The smallest absolute Gasteiger partial charge is 0.251 e. The molecule has 0 radical (unpaired) electrons. The lowest BCUT2D eigenvalue weighted by Gasteiger charge is -2.10. The lowest BCUT2D eigenvalue weighted by Crippen LogP contribution is -2.26. The number of aromatic nitrogens is 2. The summed E-state index contributed by atoms with van der Waals surface area (Å²) in [6.07, 6.45) is 2.44. The number of fused-ring (bicyclic) bond motifs is 1. The average molecular weight is 464 g/mol. The van der Waals surface area contributed by atoms with E-state index in [1.54, 1.807) is 37.7 Å². The van der Waals surface area contributed by atoms with Crippen molar-refractivity contribution in [2.75, 3.05) is 33.5 Å². The standard InChI is InChI=1S/C26H26FN3O4/c1-32-16-13-28-26(31)19-3-12-25-24(17-19)29-18-30(25)21-6-10-23(11-7-21)34-15-2-14-33-22-8-4-20(27)5-9-22/h3-12,17-18H,2,13-16H2,1H3,(H,28,31). The number of hydrogen-bond donors (Lipinski definition) is 1. The van der Waals surface area contributed by atoms with Crippen LogP contribution < -0.4 is 14.8 Å².